The van der Waals surface area contributed by atoms with Gasteiger partial charge in [0, 0.05) is 12.5 Å². The Morgan fingerprint density at radius 2 is 2.14 bits per heavy atom. The van der Waals surface area contributed by atoms with Gasteiger partial charge in [-0.1, -0.05) is 19.8 Å². The summed E-state index contributed by atoms with van der Waals surface area (Å²) < 4.78 is 1.99. The van der Waals surface area contributed by atoms with Crippen LogP contribution < -0.4 is 5.32 Å². The molecule has 0 saturated heterocycles. The van der Waals surface area contributed by atoms with Gasteiger partial charge in [0.15, 0.2) is 0 Å². The number of aliphatic hydroxyl groups excluding tert-OH is 1. The van der Waals surface area contributed by atoms with E-state index in [2.05, 4.69) is 17.3 Å². The zero-order valence-electron chi connectivity index (χ0n) is 12.7. The molecular formula is C16H25N3O2. The number of aryl methyl sites for hydroxylation is 1. The molecule has 1 aromatic rings. The Morgan fingerprint density at radius 3 is 2.81 bits per heavy atom. The van der Waals surface area contributed by atoms with Gasteiger partial charge in [-0.25, -0.2) is 0 Å². The summed E-state index contributed by atoms with van der Waals surface area (Å²) in [6, 6.07) is -0.104. The summed E-state index contributed by atoms with van der Waals surface area (Å²) in [6.07, 6.45) is 8.41. The smallest absolute Gasteiger partial charge is 0.255 e. The number of aliphatic hydroxyl groups is 1. The van der Waals surface area contributed by atoms with E-state index in [1.54, 1.807) is 6.20 Å². The predicted octanol–water partition coefficient (Wildman–Crippen LogP) is 2.20. The average Bonchev–Trinajstić information content (AvgIpc) is 3.23. The molecule has 2 aliphatic rings. The van der Waals surface area contributed by atoms with Crippen LogP contribution in [0.25, 0.3) is 0 Å². The maximum absolute atomic E-state index is 12.6. The molecule has 5 heteroatoms. The van der Waals surface area contributed by atoms with Gasteiger partial charge in [-0.2, -0.15) is 5.10 Å². The van der Waals surface area contributed by atoms with Gasteiger partial charge in [-0.3, -0.25) is 9.48 Å². The first-order valence-corrected chi connectivity index (χ1v) is 8.25. The van der Waals surface area contributed by atoms with E-state index >= 15 is 0 Å². The molecule has 2 unspecified atom stereocenters. The fourth-order valence-electron chi connectivity index (χ4n) is 3.27. The highest BCUT2D eigenvalue weighted by Gasteiger charge is 2.33. The fraction of sp³-hybridized carbons (Fsp3) is 0.750. The summed E-state index contributed by atoms with van der Waals surface area (Å²) in [5.41, 5.74) is 1.81. The third-order valence-corrected chi connectivity index (χ3v) is 4.57. The Balaban J connectivity index is 1.74. The molecule has 2 aliphatic carbocycles. The number of hydrogen-bond acceptors (Lipinski definition) is 3. The van der Waals surface area contributed by atoms with Gasteiger partial charge >= 0.3 is 0 Å². The molecule has 21 heavy (non-hydrogen) atoms. The van der Waals surface area contributed by atoms with Crippen molar-refractivity contribution >= 4 is 5.91 Å². The minimum Gasteiger partial charge on any atom is -0.391 e. The molecule has 0 spiro atoms. The van der Waals surface area contributed by atoms with Crippen LogP contribution in [0.1, 0.15) is 73.8 Å². The van der Waals surface area contributed by atoms with Crippen molar-refractivity contribution in [2.45, 2.75) is 76.5 Å². The number of carbonyl (C=O) groups is 1. The normalized spacial score (nSPS) is 25.8. The molecule has 2 saturated carbocycles. The van der Waals surface area contributed by atoms with Crippen LogP contribution in [-0.2, 0) is 6.54 Å². The number of aromatic nitrogens is 2. The minimum atomic E-state index is -0.405. The quantitative estimate of drug-likeness (QED) is 0.874. The zero-order chi connectivity index (χ0) is 14.8. The maximum atomic E-state index is 12.6. The molecule has 116 valence electrons. The first-order chi connectivity index (χ1) is 10.2. The van der Waals surface area contributed by atoms with Gasteiger partial charge in [0.25, 0.3) is 5.91 Å². The summed E-state index contributed by atoms with van der Waals surface area (Å²) in [7, 11) is 0. The number of nitrogens with zero attached hydrogens (tertiary/aromatic N) is 2. The van der Waals surface area contributed by atoms with Crippen molar-refractivity contribution in [3.05, 3.63) is 17.5 Å². The van der Waals surface area contributed by atoms with Crippen LogP contribution >= 0.6 is 0 Å². The lowest BCUT2D eigenvalue weighted by molar-refractivity contribution is 0.0716. The topological polar surface area (TPSA) is 67.2 Å². The van der Waals surface area contributed by atoms with Crippen molar-refractivity contribution in [2.75, 3.05) is 0 Å². The van der Waals surface area contributed by atoms with Crippen LogP contribution in [0, 0.1) is 0 Å². The lowest BCUT2D eigenvalue weighted by Crippen LogP contribution is -2.45. The van der Waals surface area contributed by atoms with E-state index < -0.39 is 6.10 Å². The molecule has 0 radical (unpaired) electrons. The summed E-state index contributed by atoms with van der Waals surface area (Å²) in [6.45, 7) is 2.99. The molecule has 1 heterocycles. The summed E-state index contributed by atoms with van der Waals surface area (Å²) in [5.74, 6) is 0.432. The van der Waals surface area contributed by atoms with Crippen LogP contribution in [0.5, 0.6) is 0 Å². The number of hydrogen-bond donors (Lipinski definition) is 2. The van der Waals surface area contributed by atoms with Crippen molar-refractivity contribution in [3.8, 4) is 0 Å². The van der Waals surface area contributed by atoms with Crippen molar-refractivity contribution in [1.29, 1.82) is 0 Å². The maximum Gasteiger partial charge on any atom is 0.255 e. The van der Waals surface area contributed by atoms with Crippen LogP contribution in [0.2, 0.25) is 0 Å². The van der Waals surface area contributed by atoms with Gasteiger partial charge in [-0.15, -0.1) is 0 Å². The van der Waals surface area contributed by atoms with Crippen LogP contribution in [0.4, 0.5) is 0 Å². The summed E-state index contributed by atoms with van der Waals surface area (Å²) >= 11 is 0. The van der Waals surface area contributed by atoms with E-state index in [1.807, 2.05) is 4.68 Å². The van der Waals surface area contributed by atoms with Crippen molar-refractivity contribution < 1.29 is 9.90 Å². The number of rotatable bonds is 5. The van der Waals surface area contributed by atoms with E-state index in [-0.39, 0.29) is 11.9 Å². The lowest BCUT2D eigenvalue weighted by Gasteiger charge is -2.28. The predicted molar refractivity (Wildman–Crippen MR) is 80.2 cm³/mol. The molecular weight excluding hydrogens is 266 g/mol. The SMILES string of the molecule is CCCn1ncc(C(=O)NC2CCCCC2O)c1C1CC1. The highest BCUT2D eigenvalue weighted by atomic mass is 16.3. The third-order valence-electron chi connectivity index (χ3n) is 4.57. The molecule has 0 aromatic carbocycles. The standard InChI is InChI=1S/C16H25N3O2/c1-2-9-19-15(11-7-8-11)12(10-17-19)16(21)18-13-5-3-4-6-14(13)20/h10-11,13-14,20H,2-9H2,1H3,(H,18,21). The Hall–Kier alpha value is -1.36. The fourth-order valence-corrected chi connectivity index (χ4v) is 3.27. The van der Waals surface area contributed by atoms with E-state index in [1.165, 1.54) is 0 Å². The van der Waals surface area contributed by atoms with E-state index in [4.69, 9.17) is 0 Å². The van der Waals surface area contributed by atoms with Crippen LogP contribution in [-0.4, -0.2) is 32.9 Å². The van der Waals surface area contributed by atoms with E-state index in [9.17, 15) is 9.90 Å². The Labute approximate surface area is 125 Å². The van der Waals surface area contributed by atoms with Gasteiger partial charge < -0.3 is 10.4 Å². The average molecular weight is 291 g/mol. The van der Waals surface area contributed by atoms with E-state index in [0.717, 1.165) is 57.2 Å². The summed E-state index contributed by atoms with van der Waals surface area (Å²) in [5, 5.41) is 17.4. The molecule has 2 N–H and O–H groups in total. The molecule has 1 aromatic heterocycles. The van der Waals surface area contributed by atoms with Crippen LogP contribution in [0.15, 0.2) is 6.20 Å². The number of nitrogens with one attached hydrogen (secondary N) is 1. The molecule has 5 nitrogen and oxygen atoms in total. The highest BCUT2D eigenvalue weighted by Crippen LogP contribution is 2.41. The second-order valence-corrected chi connectivity index (χ2v) is 6.37. The third kappa shape index (κ3) is 3.12. The van der Waals surface area contributed by atoms with Gasteiger partial charge in [0.2, 0.25) is 0 Å². The minimum absolute atomic E-state index is 0.0646. The van der Waals surface area contributed by atoms with Crippen molar-refractivity contribution in [2.24, 2.45) is 0 Å². The highest BCUT2D eigenvalue weighted by molar-refractivity contribution is 5.95. The first kappa shape index (κ1) is 14.6. The molecule has 2 atom stereocenters. The Kier molecular flexibility index (Phi) is 4.29. The van der Waals surface area contributed by atoms with Crippen LogP contribution in [0.3, 0.4) is 0 Å². The molecule has 2 fully saturated rings. The van der Waals surface area contributed by atoms with Crippen molar-refractivity contribution in [1.82, 2.24) is 15.1 Å². The lowest BCUT2D eigenvalue weighted by atomic mass is 9.92. The van der Waals surface area contributed by atoms with Gasteiger partial charge in [0.05, 0.1) is 29.6 Å². The number of amides is 1. The molecule has 0 bridgehead atoms. The zero-order valence-corrected chi connectivity index (χ0v) is 12.7. The Morgan fingerprint density at radius 1 is 1.38 bits per heavy atom. The van der Waals surface area contributed by atoms with E-state index in [0.29, 0.717) is 11.5 Å². The second kappa shape index (κ2) is 6.18. The number of carbonyl (C=O) groups excluding carboxylic acids is 1. The van der Waals surface area contributed by atoms with Gasteiger partial charge in [0.1, 0.15) is 0 Å². The van der Waals surface area contributed by atoms with Crippen molar-refractivity contribution in [3.63, 3.8) is 0 Å². The molecule has 3 rings (SSSR count). The molecule has 0 aliphatic heterocycles. The first-order valence-electron chi connectivity index (χ1n) is 8.25. The second-order valence-electron chi connectivity index (χ2n) is 6.37. The largest absolute Gasteiger partial charge is 0.391 e. The van der Waals surface area contributed by atoms with Gasteiger partial charge in [-0.05, 0) is 32.1 Å². The molecule has 1 amide bonds. The Bertz CT molecular complexity index is 508. The monoisotopic (exact) mass is 291 g/mol. The summed E-state index contributed by atoms with van der Waals surface area (Å²) in [4.78, 5) is 12.6.